The van der Waals surface area contributed by atoms with Crippen LogP contribution >= 0.6 is 12.6 Å². The lowest BCUT2D eigenvalue weighted by Crippen LogP contribution is -2.24. The van der Waals surface area contributed by atoms with Crippen molar-refractivity contribution in [2.45, 2.75) is 50.4 Å². The van der Waals surface area contributed by atoms with E-state index in [0.29, 0.717) is 0 Å². The molecule has 0 aliphatic heterocycles. The Bertz CT molecular complexity index is 98.5. The van der Waals surface area contributed by atoms with Gasteiger partial charge in [-0.1, -0.05) is 32.6 Å². The van der Waals surface area contributed by atoms with E-state index in [1.165, 1.54) is 19.3 Å². The summed E-state index contributed by atoms with van der Waals surface area (Å²) in [6, 6.07) is 0. The van der Waals surface area contributed by atoms with Gasteiger partial charge in [0.05, 0.1) is 12.7 Å². The maximum absolute atomic E-state index is 9.16. The summed E-state index contributed by atoms with van der Waals surface area (Å²) in [4.78, 5) is 0. The third kappa shape index (κ3) is 5.86. The van der Waals surface area contributed by atoms with Crippen molar-refractivity contribution in [3.05, 3.63) is 0 Å². The molecule has 0 rings (SSSR count). The Hall–Kier alpha value is 0.270. The van der Waals surface area contributed by atoms with Gasteiger partial charge >= 0.3 is 0 Å². The fourth-order valence-electron chi connectivity index (χ4n) is 1.09. The fourth-order valence-corrected chi connectivity index (χ4v) is 1.37. The molecule has 0 amide bonds. The highest BCUT2D eigenvalue weighted by Gasteiger charge is 2.12. The molecule has 0 heterocycles. The predicted octanol–water partition coefficient (Wildman–Crippen LogP) is 1.61. The van der Waals surface area contributed by atoms with Gasteiger partial charge in [0.15, 0.2) is 0 Å². The second-order valence-corrected chi connectivity index (χ2v) is 3.83. The molecule has 0 aromatic carbocycles. The molecule has 2 nitrogen and oxygen atoms in total. The van der Waals surface area contributed by atoms with E-state index in [-0.39, 0.29) is 11.9 Å². The van der Waals surface area contributed by atoms with Crippen LogP contribution in [-0.4, -0.2) is 28.2 Å². The fraction of sp³-hybridized carbons (Fsp3) is 1.00. The predicted molar refractivity (Wildman–Crippen MR) is 54.6 cm³/mol. The zero-order valence-corrected chi connectivity index (χ0v) is 8.63. The van der Waals surface area contributed by atoms with Crippen LogP contribution in [0.2, 0.25) is 0 Å². The van der Waals surface area contributed by atoms with Gasteiger partial charge in [0.2, 0.25) is 0 Å². The molecule has 12 heavy (non-hydrogen) atoms. The first-order valence-electron chi connectivity index (χ1n) is 4.69. The van der Waals surface area contributed by atoms with Gasteiger partial charge in [0.1, 0.15) is 0 Å². The number of aliphatic hydroxyl groups excluding tert-OH is 2. The molecule has 0 spiro atoms. The van der Waals surface area contributed by atoms with E-state index >= 15 is 0 Å². The highest BCUT2D eigenvalue weighted by Crippen LogP contribution is 2.12. The number of hydrogen-bond donors (Lipinski definition) is 3. The van der Waals surface area contributed by atoms with E-state index in [0.717, 1.165) is 12.8 Å². The smallest absolute Gasteiger partial charge is 0.0886 e. The summed E-state index contributed by atoms with van der Waals surface area (Å²) in [5.41, 5.74) is 0. The normalized spacial score (nSPS) is 16.0. The van der Waals surface area contributed by atoms with E-state index in [4.69, 9.17) is 10.2 Å². The molecule has 0 bridgehead atoms. The molecule has 0 fully saturated rings. The maximum atomic E-state index is 9.16. The summed E-state index contributed by atoms with van der Waals surface area (Å²) in [7, 11) is 0. The summed E-state index contributed by atoms with van der Waals surface area (Å²) in [5, 5.41) is 17.7. The topological polar surface area (TPSA) is 40.5 Å². The van der Waals surface area contributed by atoms with Gasteiger partial charge in [-0.25, -0.2) is 0 Å². The zero-order chi connectivity index (χ0) is 9.40. The molecule has 74 valence electrons. The number of thiol groups is 1. The van der Waals surface area contributed by atoms with Crippen molar-refractivity contribution < 1.29 is 10.2 Å². The third-order valence-corrected chi connectivity index (χ3v) is 2.59. The molecule has 3 heteroatoms. The first-order valence-corrected chi connectivity index (χ1v) is 5.21. The van der Waals surface area contributed by atoms with Crippen molar-refractivity contribution in [2.24, 2.45) is 0 Å². The summed E-state index contributed by atoms with van der Waals surface area (Å²) in [5.74, 6) is 0. The molecule has 0 saturated carbocycles. The minimum atomic E-state index is -0.657. The summed E-state index contributed by atoms with van der Waals surface area (Å²) < 4.78 is 0. The quantitative estimate of drug-likeness (QED) is 0.424. The minimum absolute atomic E-state index is 0.0631. The van der Waals surface area contributed by atoms with Gasteiger partial charge < -0.3 is 10.2 Å². The zero-order valence-electron chi connectivity index (χ0n) is 7.74. The van der Waals surface area contributed by atoms with E-state index in [2.05, 4.69) is 19.6 Å². The van der Waals surface area contributed by atoms with Crippen LogP contribution in [0.3, 0.4) is 0 Å². The van der Waals surface area contributed by atoms with Gasteiger partial charge in [0.25, 0.3) is 0 Å². The van der Waals surface area contributed by atoms with E-state index < -0.39 is 6.10 Å². The molecule has 0 aliphatic rings. The van der Waals surface area contributed by atoms with Crippen LogP contribution in [0.4, 0.5) is 0 Å². The lowest BCUT2D eigenvalue weighted by atomic mass is 10.1. The van der Waals surface area contributed by atoms with Gasteiger partial charge in [-0.3, -0.25) is 0 Å². The van der Waals surface area contributed by atoms with Crippen LogP contribution in [-0.2, 0) is 0 Å². The third-order valence-electron chi connectivity index (χ3n) is 1.98. The molecule has 0 saturated heterocycles. The number of hydrogen-bond acceptors (Lipinski definition) is 3. The van der Waals surface area contributed by atoms with Crippen LogP contribution in [0, 0.1) is 0 Å². The molecule has 0 aromatic rings. The first kappa shape index (κ1) is 12.3. The van der Waals surface area contributed by atoms with Crippen molar-refractivity contribution in [2.75, 3.05) is 6.61 Å². The second kappa shape index (κ2) is 7.90. The van der Waals surface area contributed by atoms with Crippen LogP contribution in [0.5, 0.6) is 0 Å². The Morgan fingerprint density at radius 2 is 1.92 bits per heavy atom. The first-order chi connectivity index (χ1) is 5.72. The van der Waals surface area contributed by atoms with Crippen LogP contribution in [0.1, 0.15) is 39.0 Å². The molecule has 0 aliphatic carbocycles. The van der Waals surface area contributed by atoms with Crippen molar-refractivity contribution in [1.29, 1.82) is 0 Å². The van der Waals surface area contributed by atoms with Crippen molar-refractivity contribution >= 4 is 12.6 Å². The molecule has 2 atom stereocenters. The Balaban J connectivity index is 3.24. The van der Waals surface area contributed by atoms with Crippen LogP contribution < -0.4 is 0 Å². The number of aliphatic hydroxyl groups is 2. The lowest BCUT2D eigenvalue weighted by Gasteiger charge is -2.14. The summed E-state index contributed by atoms with van der Waals surface area (Å²) in [6.07, 6.45) is 5.00. The highest BCUT2D eigenvalue weighted by atomic mass is 32.1. The maximum Gasteiger partial charge on any atom is 0.0886 e. The Labute approximate surface area is 80.4 Å². The van der Waals surface area contributed by atoms with Crippen molar-refractivity contribution in [3.63, 3.8) is 0 Å². The molecule has 0 aromatic heterocycles. The van der Waals surface area contributed by atoms with Crippen LogP contribution in [0.15, 0.2) is 0 Å². The Kier molecular flexibility index (Phi) is 8.07. The molecule has 0 radical (unpaired) electrons. The standard InChI is InChI=1S/C9H20O2S/c1-2-3-4-5-6-9(12)8(11)7-10/h8-12H,2-7H2,1H3. The van der Waals surface area contributed by atoms with E-state index in [1.54, 1.807) is 0 Å². The molecule has 2 N–H and O–H groups in total. The van der Waals surface area contributed by atoms with E-state index in [9.17, 15) is 0 Å². The Morgan fingerprint density at radius 1 is 1.25 bits per heavy atom. The van der Waals surface area contributed by atoms with Crippen LogP contribution in [0.25, 0.3) is 0 Å². The van der Waals surface area contributed by atoms with Crippen molar-refractivity contribution in [3.8, 4) is 0 Å². The van der Waals surface area contributed by atoms with Crippen molar-refractivity contribution in [1.82, 2.24) is 0 Å². The van der Waals surface area contributed by atoms with Gasteiger partial charge in [-0.05, 0) is 6.42 Å². The average molecular weight is 192 g/mol. The SMILES string of the molecule is CCCCCCC(S)C(O)CO. The monoisotopic (exact) mass is 192 g/mol. The molecule has 2 unspecified atom stereocenters. The highest BCUT2D eigenvalue weighted by molar-refractivity contribution is 7.81. The average Bonchev–Trinajstić information content (AvgIpc) is 2.10. The Morgan fingerprint density at radius 3 is 2.42 bits per heavy atom. The van der Waals surface area contributed by atoms with Gasteiger partial charge in [-0.2, -0.15) is 12.6 Å². The largest absolute Gasteiger partial charge is 0.394 e. The van der Waals surface area contributed by atoms with E-state index in [1.807, 2.05) is 0 Å². The number of unbranched alkanes of at least 4 members (excludes halogenated alkanes) is 3. The second-order valence-electron chi connectivity index (χ2n) is 3.17. The minimum Gasteiger partial charge on any atom is -0.394 e. The summed E-state index contributed by atoms with van der Waals surface area (Å²) in [6.45, 7) is 1.99. The van der Waals surface area contributed by atoms with Gasteiger partial charge in [0, 0.05) is 5.25 Å². The summed E-state index contributed by atoms with van der Waals surface area (Å²) >= 11 is 4.20. The van der Waals surface area contributed by atoms with Gasteiger partial charge in [-0.15, -0.1) is 0 Å². The number of rotatable bonds is 7. The molecular formula is C9H20O2S. The lowest BCUT2D eigenvalue weighted by molar-refractivity contribution is 0.0912. The molecular weight excluding hydrogens is 172 g/mol.